The van der Waals surface area contributed by atoms with Crippen LogP contribution in [0, 0.1) is 5.41 Å². The third kappa shape index (κ3) is 4.43. The van der Waals surface area contributed by atoms with Gasteiger partial charge in [-0.1, -0.05) is 0 Å². The summed E-state index contributed by atoms with van der Waals surface area (Å²) in [5.74, 6) is 0.942. The van der Waals surface area contributed by atoms with Gasteiger partial charge in [-0.05, 0) is 70.2 Å². The average molecular weight is 379 g/mol. The number of halogens is 1. The van der Waals surface area contributed by atoms with E-state index >= 15 is 0 Å². The summed E-state index contributed by atoms with van der Waals surface area (Å²) in [5, 5.41) is 10.6. The average Bonchev–Trinajstić information content (AvgIpc) is 2.95. The van der Waals surface area contributed by atoms with Crippen LogP contribution >= 0.6 is 0 Å². The molecule has 1 aliphatic heterocycles. The van der Waals surface area contributed by atoms with Crippen molar-refractivity contribution in [3.63, 3.8) is 0 Å². The maximum Gasteiger partial charge on any atom is 0.233 e. The quantitative estimate of drug-likeness (QED) is 0.737. The lowest BCUT2D eigenvalue weighted by atomic mass is 9.68. The minimum Gasteiger partial charge on any atom is -0.491 e. The summed E-state index contributed by atoms with van der Waals surface area (Å²) in [6.07, 6.45) is 3.23. The first kappa shape index (κ1) is 20.1. The molecule has 0 bridgehead atoms. The Morgan fingerprint density at radius 1 is 1.15 bits per heavy atom. The molecule has 0 aromatic heterocycles. The molecule has 0 atom stereocenters. The first-order chi connectivity index (χ1) is 12.9. The third-order valence-corrected chi connectivity index (χ3v) is 5.76. The van der Waals surface area contributed by atoms with E-state index in [1.807, 2.05) is 43.0 Å². The molecule has 0 radical (unpaired) electrons. The van der Waals surface area contributed by atoms with Crippen molar-refractivity contribution in [2.45, 2.75) is 57.7 Å². The number of carbonyl (C=O) groups is 1. The molecule has 1 saturated heterocycles. The number of ether oxygens (including phenoxy) is 2. The van der Waals surface area contributed by atoms with Crippen LogP contribution in [0.5, 0.6) is 5.75 Å². The van der Waals surface area contributed by atoms with Gasteiger partial charge in [0.25, 0.3) is 0 Å². The van der Waals surface area contributed by atoms with E-state index in [0.29, 0.717) is 32.2 Å². The van der Waals surface area contributed by atoms with E-state index in [0.717, 1.165) is 17.9 Å². The molecule has 150 valence electrons. The monoisotopic (exact) mass is 379 g/mol. The summed E-state index contributed by atoms with van der Waals surface area (Å²) >= 11 is 0. The molecule has 3 rings (SSSR count). The fourth-order valence-corrected chi connectivity index (χ4v) is 4.16. The van der Waals surface area contributed by atoms with E-state index in [2.05, 4.69) is 0 Å². The van der Waals surface area contributed by atoms with Gasteiger partial charge in [-0.25, -0.2) is 4.39 Å². The molecule has 1 saturated carbocycles. The maximum atomic E-state index is 13.1. The van der Waals surface area contributed by atoms with Crippen molar-refractivity contribution < 1.29 is 23.8 Å². The van der Waals surface area contributed by atoms with Crippen LogP contribution in [-0.2, 0) is 9.53 Å². The van der Waals surface area contributed by atoms with Gasteiger partial charge in [0.2, 0.25) is 5.91 Å². The number of benzene rings is 1. The van der Waals surface area contributed by atoms with Crippen molar-refractivity contribution in [3.05, 3.63) is 24.3 Å². The second-order valence-electron chi connectivity index (χ2n) is 8.11. The molecule has 5 nitrogen and oxygen atoms in total. The molecule has 1 aliphatic carbocycles. The number of alkyl halides is 1. The SMILES string of the molecule is CC(C)Oc1ccc(N2CC[C@]3(CC[C@](O)(COCCF)CC3)C2=O)cc1. The third-order valence-electron chi connectivity index (χ3n) is 5.76. The standard InChI is InChI=1S/C21H30FNO4/c1-16(2)27-18-5-3-17(4-6-18)23-13-11-20(19(23)24)7-9-21(25,10-8-20)15-26-14-12-22/h3-6,16,25H,7-15H2,1-2H3/t20-,21-. The van der Waals surface area contributed by atoms with Gasteiger partial charge in [-0.15, -0.1) is 0 Å². The summed E-state index contributed by atoms with van der Waals surface area (Å²) in [7, 11) is 0. The van der Waals surface area contributed by atoms with E-state index in [-0.39, 0.29) is 30.6 Å². The van der Waals surface area contributed by atoms with Gasteiger partial charge in [-0.3, -0.25) is 4.79 Å². The van der Waals surface area contributed by atoms with E-state index < -0.39 is 12.3 Å². The van der Waals surface area contributed by atoms with Gasteiger partial charge in [0.05, 0.1) is 30.3 Å². The lowest BCUT2D eigenvalue weighted by molar-refractivity contribution is -0.134. The maximum absolute atomic E-state index is 13.1. The van der Waals surface area contributed by atoms with E-state index in [9.17, 15) is 14.3 Å². The largest absolute Gasteiger partial charge is 0.491 e. The summed E-state index contributed by atoms with van der Waals surface area (Å²) in [6, 6.07) is 7.65. The topological polar surface area (TPSA) is 59.0 Å². The molecule has 1 aromatic rings. The lowest BCUT2D eigenvalue weighted by Crippen LogP contribution is -2.45. The summed E-state index contributed by atoms with van der Waals surface area (Å²) in [6.45, 7) is 4.26. The molecule has 27 heavy (non-hydrogen) atoms. The van der Waals surface area contributed by atoms with E-state index in [4.69, 9.17) is 9.47 Å². The molecular formula is C21H30FNO4. The highest BCUT2D eigenvalue weighted by atomic mass is 19.1. The fraction of sp³-hybridized carbons (Fsp3) is 0.667. The van der Waals surface area contributed by atoms with Crippen LogP contribution in [0.1, 0.15) is 46.0 Å². The van der Waals surface area contributed by atoms with Crippen molar-refractivity contribution in [2.75, 3.05) is 31.3 Å². The first-order valence-electron chi connectivity index (χ1n) is 9.82. The van der Waals surface area contributed by atoms with Gasteiger partial charge >= 0.3 is 0 Å². The van der Waals surface area contributed by atoms with Crippen LogP contribution in [0.15, 0.2) is 24.3 Å². The number of rotatable bonds is 7. The lowest BCUT2D eigenvalue weighted by Gasteiger charge is -2.40. The number of amides is 1. The van der Waals surface area contributed by atoms with Crippen LogP contribution in [0.4, 0.5) is 10.1 Å². The van der Waals surface area contributed by atoms with Crippen molar-refractivity contribution in [3.8, 4) is 5.75 Å². The van der Waals surface area contributed by atoms with Crippen LogP contribution in [0.2, 0.25) is 0 Å². The van der Waals surface area contributed by atoms with E-state index in [1.165, 1.54) is 0 Å². The van der Waals surface area contributed by atoms with Gasteiger partial charge in [0.15, 0.2) is 0 Å². The van der Waals surface area contributed by atoms with Crippen LogP contribution < -0.4 is 9.64 Å². The summed E-state index contributed by atoms with van der Waals surface area (Å²) in [5.41, 5.74) is -0.441. The van der Waals surface area contributed by atoms with Crippen LogP contribution in [-0.4, -0.2) is 49.2 Å². The zero-order chi connectivity index (χ0) is 19.5. The van der Waals surface area contributed by atoms with Crippen molar-refractivity contribution in [2.24, 2.45) is 5.41 Å². The minimum atomic E-state index is -0.941. The Kier molecular flexibility index (Phi) is 6.06. The molecule has 1 amide bonds. The molecule has 2 fully saturated rings. The molecule has 1 N–H and O–H groups in total. The molecule has 6 heteroatoms. The van der Waals surface area contributed by atoms with Crippen molar-refractivity contribution in [1.29, 1.82) is 0 Å². The number of anilines is 1. The Bertz CT molecular complexity index is 638. The molecule has 0 unspecified atom stereocenters. The highest BCUT2D eigenvalue weighted by Crippen LogP contribution is 2.48. The minimum absolute atomic E-state index is 0.0106. The van der Waals surface area contributed by atoms with Crippen molar-refractivity contribution in [1.82, 2.24) is 0 Å². The molecule has 1 aromatic carbocycles. The second-order valence-corrected chi connectivity index (χ2v) is 8.11. The van der Waals surface area contributed by atoms with E-state index in [1.54, 1.807) is 0 Å². The first-order valence-corrected chi connectivity index (χ1v) is 9.82. The number of aliphatic hydroxyl groups is 1. The molecule has 1 spiro atoms. The number of hydrogen-bond donors (Lipinski definition) is 1. The summed E-state index contributed by atoms with van der Waals surface area (Å²) < 4.78 is 23.1. The Morgan fingerprint density at radius 3 is 2.41 bits per heavy atom. The van der Waals surface area contributed by atoms with Crippen LogP contribution in [0.25, 0.3) is 0 Å². The van der Waals surface area contributed by atoms with Crippen molar-refractivity contribution >= 4 is 11.6 Å². The molecule has 2 aliphatic rings. The van der Waals surface area contributed by atoms with Gasteiger partial charge in [0.1, 0.15) is 12.4 Å². The number of hydrogen-bond acceptors (Lipinski definition) is 4. The predicted octanol–water partition coefficient (Wildman–Crippen LogP) is 3.49. The van der Waals surface area contributed by atoms with Gasteiger partial charge in [0, 0.05) is 12.2 Å². The zero-order valence-corrected chi connectivity index (χ0v) is 16.2. The Hall–Kier alpha value is -1.66. The number of nitrogens with zero attached hydrogens (tertiary/aromatic N) is 1. The van der Waals surface area contributed by atoms with Gasteiger partial charge in [-0.2, -0.15) is 0 Å². The molecule has 1 heterocycles. The highest BCUT2D eigenvalue weighted by Gasteiger charge is 2.51. The zero-order valence-electron chi connectivity index (χ0n) is 16.2. The molecular weight excluding hydrogens is 349 g/mol. The smallest absolute Gasteiger partial charge is 0.233 e. The number of carbonyl (C=O) groups excluding carboxylic acids is 1. The highest BCUT2D eigenvalue weighted by molar-refractivity contribution is 6.00. The summed E-state index contributed by atoms with van der Waals surface area (Å²) in [4.78, 5) is 15.0. The van der Waals surface area contributed by atoms with Crippen LogP contribution in [0.3, 0.4) is 0 Å². The Labute approximate surface area is 160 Å². The Balaban J connectivity index is 1.62. The normalized spacial score (nSPS) is 28.3. The Morgan fingerprint density at radius 2 is 1.81 bits per heavy atom. The second kappa shape index (κ2) is 8.15. The fourth-order valence-electron chi connectivity index (χ4n) is 4.16. The predicted molar refractivity (Wildman–Crippen MR) is 102 cm³/mol. The van der Waals surface area contributed by atoms with Gasteiger partial charge < -0.3 is 19.5 Å².